The normalized spacial score (nSPS) is 11.9. The second kappa shape index (κ2) is 11.3. The summed E-state index contributed by atoms with van der Waals surface area (Å²) in [4.78, 5) is 12.9. The van der Waals surface area contributed by atoms with Crippen LogP contribution in [0.1, 0.15) is 61.8 Å². The quantitative estimate of drug-likeness (QED) is 0.313. The van der Waals surface area contributed by atoms with Crippen molar-refractivity contribution < 1.29 is 13.2 Å². The van der Waals surface area contributed by atoms with Crippen LogP contribution in [0.15, 0.2) is 82.8 Å². The van der Waals surface area contributed by atoms with Gasteiger partial charge in [0.15, 0.2) is 0 Å². The molecule has 3 aromatic carbocycles. The zero-order chi connectivity index (χ0) is 25.6. The maximum Gasteiger partial charge on any atom is 0.264 e. The summed E-state index contributed by atoms with van der Waals surface area (Å²) in [6, 6.07) is 21.7. The van der Waals surface area contributed by atoms with Crippen LogP contribution in [0.3, 0.4) is 0 Å². The summed E-state index contributed by atoms with van der Waals surface area (Å²) in [6.07, 6.45) is 1.54. The molecule has 0 aliphatic heterocycles. The average molecular weight is 492 g/mol. The number of nitrogens with one attached hydrogen (secondary N) is 1. The van der Waals surface area contributed by atoms with E-state index in [1.54, 1.807) is 36.4 Å². The van der Waals surface area contributed by atoms with Gasteiger partial charge < -0.3 is 0 Å². The third-order valence-electron chi connectivity index (χ3n) is 5.75. The first kappa shape index (κ1) is 26.2. The molecule has 0 heterocycles. The van der Waals surface area contributed by atoms with E-state index < -0.39 is 22.5 Å². The van der Waals surface area contributed by atoms with Gasteiger partial charge in [0.1, 0.15) is 6.54 Å². The zero-order valence-corrected chi connectivity index (χ0v) is 21.7. The standard InChI is InChI=1S/C28H33N3O3S/c1-20(2)24-10-8-23(9-11-24)18-29-30-28(32)19-31(26-14-12-25(13-15-26)21(3)4)35(33,34)27-16-6-22(5)7-17-27/h6-18,20-21H,19H2,1-5H3,(H,30,32)/b29-18-. The second-order valence-electron chi connectivity index (χ2n) is 9.19. The molecular formula is C28H33N3O3S. The van der Waals surface area contributed by atoms with Crippen LogP contribution < -0.4 is 9.73 Å². The van der Waals surface area contributed by atoms with Crippen LogP contribution in [-0.4, -0.2) is 27.1 Å². The molecule has 7 heteroatoms. The van der Waals surface area contributed by atoms with Crippen LogP contribution >= 0.6 is 0 Å². The fourth-order valence-corrected chi connectivity index (χ4v) is 4.91. The maximum atomic E-state index is 13.5. The predicted octanol–water partition coefficient (Wildman–Crippen LogP) is 5.59. The molecule has 1 amide bonds. The van der Waals surface area contributed by atoms with Crippen LogP contribution in [0, 0.1) is 6.92 Å². The third-order valence-corrected chi connectivity index (χ3v) is 7.54. The molecule has 3 aromatic rings. The summed E-state index contributed by atoms with van der Waals surface area (Å²) in [5.41, 5.74) is 6.95. The first-order valence-corrected chi connectivity index (χ1v) is 13.1. The molecule has 0 aliphatic rings. The molecule has 0 aromatic heterocycles. The molecule has 0 atom stereocenters. The van der Waals surface area contributed by atoms with Crippen molar-refractivity contribution in [1.82, 2.24) is 5.43 Å². The van der Waals surface area contributed by atoms with Gasteiger partial charge in [-0.3, -0.25) is 9.10 Å². The minimum Gasteiger partial charge on any atom is -0.271 e. The number of aryl methyl sites for hydroxylation is 1. The molecule has 6 nitrogen and oxygen atoms in total. The maximum absolute atomic E-state index is 13.5. The van der Waals surface area contributed by atoms with Gasteiger partial charge in [0, 0.05) is 0 Å². The lowest BCUT2D eigenvalue weighted by Crippen LogP contribution is -2.39. The third kappa shape index (κ3) is 6.79. The number of anilines is 1. The molecule has 0 radical (unpaired) electrons. The molecule has 0 spiro atoms. The molecular weight excluding hydrogens is 458 g/mol. The summed E-state index contributed by atoms with van der Waals surface area (Å²) in [5.74, 6) is 0.193. The predicted molar refractivity (Wildman–Crippen MR) is 143 cm³/mol. The topological polar surface area (TPSA) is 78.8 Å². The van der Waals surface area contributed by atoms with Crippen LogP contribution in [0.2, 0.25) is 0 Å². The van der Waals surface area contributed by atoms with Crippen molar-refractivity contribution in [3.8, 4) is 0 Å². The van der Waals surface area contributed by atoms with Gasteiger partial charge in [0.25, 0.3) is 15.9 Å². The second-order valence-corrected chi connectivity index (χ2v) is 11.0. The monoisotopic (exact) mass is 491 g/mol. The largest absolute Gasteiger partial charge is 0.271 e. The Labute approximate surface area is 208 Å². The minimum absolute atomic E-state index is 0.123. The van der Waals surface area contributed by atoms with Crippen molar-refractivity contribution in [2.45, 2.75) is 51.3 Å². The highest BCUT2D eigenvalue weighted by atomic mass is 32.2. The Balaban J connectivity index is 1.82. The Morgan fingerprint density at radius 1 is 0.857 bits per heavy atom. The highest BCUT2D eigenvalue weighted by Crippen LogP contribution is 2.26. The molecule has 0 fully saturated rings. The number of hydrogen-bond donors (Lipinski definition) is 1. The summed E-state index contributed by atoms with van der Waals surface area (Å²) in [7, 11) is -3.97. The number of carbonyl (C=O) groups is 1. The van der Waals surface area contributed by atoms with E-state index in [1.165, 1.54) is 11.8 Å². The zero-order valence-electron chi connectivity index (χ0n) is 20.9. The lowest BCUT2D eigenvalue weighted by atomic mass is 10.0. The van der Waals surface area contributed by atoms with Crippen molar-refractivity contribution in [2.24, 2.45) is 5.10 Å². The fraction of sp³-hybridized carbons (Fsp3) is 0.286. The number of rotatable bonds is 9. The van der Waals surface area contributed by atoms with Crippen LogP contribution in [0.25, 0.3) is 0 Å². The Morgan fingerprint density at radius 3 is 1.89 bits per heavy atom. The smallest absolute Gasteiger partial charge is 0.264 e. The SMILES string of the molecule is Cc1ccc(S(=O)(=O)N(CC(=O)N/N=C\c2ccc(C(C)C)cc2)c2ccc(C(C)C)cc2)cc1. The molecule has 0 saturated heterocycles. The summed E-state index contributed by atoms with van der Waals surface area (Å²) >= 11 is 0. The Bertz CT molecular complexity index is 1260. The van der Waals surface area contributed by atoms with Crippen molar-refractivity contribution in [1.29, 1.82) is 0 Å². The van der Waals surface area contributed by atoms with Gasteiger partial charge in [-0.05, 0) is 59.7 Å². The van der Waals surface area contributed by atoms with Crippen molar-refractivity contribution in [3.63, 3.8) is 0 Å². The Kier molecular flexibility index (Phi) is 8.46. The highest BCUT2D eigenvalue weighted by Gasteiger charge is 2.27. The van der Waals surface area contributed by atoms with Crippen LogP contribution in [-0.2, 0) is 14.8 Å². The van der Waals surface area contributed by atoms with Gasteiger partial charge in [0.05, 0.1) is 16.8 Å². The number of benzene rings is 3. The number of hydrogen-bond acceptors (Lipinski definition) is 4. The van der Waals surface area contributed by atoms with Gasteiger partial charge in [0.2, 0.25) is 0 Å². The van der Waals surface area contributed by atoms with Crippen molar-refractivity contribution >= 4 is 27.8 Å². The van der Waals surface area contributed by atoms with Gasteiger partial charge in [-0.25, -0.2) is 13.8 Å². The van der Waals surface area contributed by atoms with E-state index in [1.807, 2.05) is 43.3 Å². The molecule has 1 N–H and O–H groups in total. The van der Waals surface area contributed by atoms with E-state index in [2.05, 4.69) is 38.2 Å². The van der Waals surface area contributed by atoms with E-state index >= 15 is 0 Å². The van der Waals surface area contributed by atoms with E-state index in [0.29, 0.717) is 17.5 Å². The Hall–Kier alpha value is -3.45. The highest BCUT2D eigenvalue weighted by molar-refractivity contribution is 7.92. The van der Waals surface area contributed by atoms with E-state index in [0.717, 1.165) is 21.0 Å². The number of nitrogens with zero attached hydrogens (tertiary/aromatic N) is 2. The summed E-state index contributed by atoms with van der Waals surface area (Å²) in [5, 5.41) is 4.02. The summed E-state index contributed by atoms with van der Waals surface area (Å²) in [6.45, 7) is 9.86. The number of amides is 1. The molecule has 35 heavy (non-hydrogen) atoms. The first-order valence-electron chi connectivity index (χ1n) is 11.7. The van der Waals surface area contributed by atoms with Gasteiger partial charge in [-0.1, -0.05) is 81.8 Å². The number of hydrazone groups is 1. The fourth-order valence-electron chi connectivity index (χ4n) is 3.49. The van der Waals surface area contributed by atoms with Gasteiger partial charge >= 0.3 is 0 Å². The van der Waals surface area contributed by atoms with Crippen molar-refractivity contribution in [2.75, 3.05) is 10.8 Å². The lowest BCUT2D eigenvalue weighted by Gasteiger charge is -2.24. The molecule has 0 bridgehead atoms. The van der Waals surface area contributed by atoms with Crippen molar-refractivity contribution in [3.05, 3.63) is 95.1 Å². The summed E-state index contributed by atoms with van der Waals surface area (Å²) < 4.78 is 28.1. The number of sulfonamides is 1. The van der Waals surface area contributed by atoms with Crippen LogP contribution in [0.5, 0.6) is 0 Å². The molecule has 0 unspecified atom stereocenters. The Morgan fingerprint density at radius 2 is 1.37 bits per heavy atom. The molecule has 0 aliphatic carbocycles. The van der Waals surface area contributed by atoms with E-state index in [-0.39, 0.29) is 4.90 Å². The first-order chi connectivity index (χ1) is 16.6. The molecule has 3 rings (SSSR count). The lowest BCUT2D eigenvalue weighted by molar-refractivity contribution is -0.119. The van der Waals surface area contributed by atoms with Gasteiger partial charge in [-0.2, -0.15) is 5.10 Å². The minimum atomic E-state index is -3.97. The number of carbonyl (C=O) groups excluding carboxylic acids is 1. The van der Waals surface area contributed by atoms with E-state index in [4.69, 9.17) is 0 Å². The average Bonchev–Trinajstić information content (AvgIpc) is 2.83. The van der Waals surface area contributed by atoms with Gasteiger partial charge in [-0.15, -0.1) is 0 Å². The molecule has 0 saturated carbocycles. The van der Waals surface area contributed by atoms with E-state index in [9.17, 15) is 13.2 Å². The molecule has 184 valence electrons. The van der Waals surface area contributed by atoms with Crippen LogP contribution in [0.4, 0.5) is 5.69 Å².